The lowest BCUT2D eigenvalue weighted by Crippen LogP contribution is -2.17. The van der Waals surface area contributed by atoms with Crippen molar-refractivity contribution in [1.29, 1.82) is 0 Å². The highest BCUT2D eigenvalue weighted by atomic mass is 32.2. The minimum absolute atomic E-state index is 0.0211. The minimum atomic E-state index is -4.07. The molecule has 0 bridgehead atoms. The smallest absolute Gasteiger partial charge is 0.429 e. The lowest BCUT2D eigenvalue weighted by atomic mass is 10.2. The predicted molar refractivity (Wildman–Crippen MR) is 61.9 cm³/mol. The fraction of sp³-hybridized carbons (Fsp3) is 0.364. The van der Waals surface area contributed by atoms with Gasteiger partial charge >= 0.3 is 5.30 Å². The molecule has 0 aliphatic rings. The lowest BCUT2D eigenvalue weighted by molar-refractivity contribution is 0.178. The predicted octanol–water partition coefficient (Wildman–Crippen LogP) is 1.93. The van der Waals surface area contributed by atoms with Crippen LogP contribution in [0.15, 0.2) is 23.1 Å². The van der Waals surface area contributed by atoms with Crippen LogP contribution in [0.1, 0.15) is 12.5 Å². The summed E-state index contributed by atoms with van der Waals surface area (Å²) in [5, 5.41) is -1.23. The fourth-order valence-electron chi connectivity index (χ4n) is 1.34. The van der Waals surface area contributed by atoms with Crippen molar-refractivity contribution >= 4 is 15.1 Å². The molecule has 0 aromatic heterocycles. The quantitative estimate of drug-likeness (QED) is 0.775. The SMILES string of the molecule is CCOC(=O)S(=O)(=O)c1ccc(OC)cc1C. The van der Waals surface area contributed by atoms with E-state index in [1.165, 1.54) is 19.2 Å². The number of rotatable bonds is 3. The van der Waals surface area contributed by atoms with Crippen molar-refractivity contribution < 1.29 is 22.7 Å². The molecular weight excluding hydrogens is 244 g/mol. The van der Waals surface area contributed by atoms with Gasteiger partial charge in [0, 0.05) is 0 Å². The summed E-state index contributed by atoms with van der Waals surface area (Å²) in [4.78, 5) is 11.3. The van der Waals surface area contributed by atoms with Crippen molar-refractivity contribution in [3.8, 4) is 5.75 Å². The van der Waals surface area contributed by atoms with Crippen molar-refractivity contribution in [2.24, 2.45) is 0 Å². The van der Waals surface area contributed by atoms with Crippen LogP contribution in [0.5, 0.6) is 5.75 Å². The molecule has 0 unspecified atom stereocenters. The third kappa shape index (κ3) is 2.76. The molecule has 0 heterocycles. The summed E-state index contributed by atoms with van der Waals surface area (Å²) in [6, 6.07) is 4.37. The second kappa shape index (κ2) is 5.18. The van der Waals surface area contributed by atoms with Gasteiger partial charge in [-0.25, -0.2) is 13.2 Å². The number of benzene rings is 1. The number of sulfone groups is 1. The van der Waals surface area contributed by atoms with Gasteiger partial charge < -0.3 is 9.47 Å². The third-order valence-corrected chi connectivity index (χ3v) is 3.75. The van der Waals surface area contributed by atoms with E-state index in [1.54, 1.807) is 19.9 Å². The Morgan fingerprint density at radius 1 is 1.35 bits per heavy atom. The summed E-state index contributed by atoms with van der Waals surface area (Å²) in [6.45, 7) is 3.16. The molecule has 1 aromatic carbocycles. The molecule has 0 radical (unpaired) electrons. The first-order valence-corrected chi connectivity index (χ1v) is 6.48. The van der Waals surface area contributed by atoms with Crippen molar-refractivity contribution in [3.05, 3.63) is 23.8 Å². The van der Waals surface area contributed by atoms with Gasteiger partial charge in [0.05, 0.1) is 18.6 Å². The zero-order chi connectivity index (χ0) is 13.1. The molecule has 17 heavy (non-hydrogen) atoms. The molecular formula is C11H14O5S. The minimum Gasteiger partial charge on any atom is -0.497 e. The van der Waals surface area contributed by atoms with Crippen LogP contribution in [0.4, 0.5) is 4.79 Å². The van der Waals surface area contributed by atoms with E-state index in [0.717, 1.165) is 0 Å². The highest BCUT2D eigenvalue weighted by molar-refractivity contribution is 8.05. The largest absolute Gasteiger partial charge is 0.497 e. The molecule has 0 spiro atoms. The van der Waals surface area contributed by atoms with Gasteiger partial charge in [-0.2, -0.15) is 0 Å². The van der Waals surface area contributed by atoms with Gasteiger partial charge in [-0.05, 0) is 37.6 Å². The standard InChI is InChI=1S/C11H14O5S/c1-4-16-11(12)17(13,14)10-6-5-9(15-3)7-8(10)2/h5-7H,4H2,1-3H3. The lowest BCUT2D eigenvalue weighted by Gasteiger charge is -2.08. The van der Waals surface area contributed by atoms with Crippen molar-refractivity contribution in [3.63, 3.8) is 0 Å². The van der Waals surface area contributed by atoms with Gasteiger partial charge in [-0.15, -0.1) is 0 Å². The molecule has 0 aliphatic heterocycles. The van der Waals surface area contributed by atoms with E-state index in [2.05, 4.69) is 4.74 Å². The molecule has 0 aliphatic carbocycles. The molecule has 0 saturated heterocycles. The Bertz CT molecular complexity index is 519. The number of carbonyl (C=O) groups is 1. The maximum Gasteiger partial charge on any atom is 0.429 e. The van der Waals surface area contributed by atoms with Gasteiger partial charge in [0.25, 0.3) is 9.84 Å². The Labute approximate surface area is 100 Å². The molecule has 0 amide bonds. The molecule has 0 N–H and O–H groups in total. The number of methoxy groups -OCH3 is 1. The molecule has 6 heteroatoms. The molecule has 1 aromatic rings. The molecule has 94 valence electrons. The van der Waals surface area contributed by atoms with E-state index in [4.69, 9.17) is 4.74 Å². The first-order chi connectivity index (χ1) is 7.93. The van der Waals surface area contributed by atoms with Crippen molar-refractivity contribution in [2.75, 3.05) is 13.7 Å². The number of carbonyl (C=O) groups excluding carboxylic acids is 1. The fourth-order valence-corrected chi connectivity index (χ4v) is 2.52. The summed E-state index contributed by atoms with van der Waals surface area (Å²) in [6.07, 6.45) is 0. The average Bonchev–Trinajstić information content (AvgIpc) is 2.28. The van der Waals surface area contributed by atoms with Crippen LogP contribution in [-0.2, 0) is 14.6 Å². The Morgan fingerprint density at radius 2 is 2.00 bits per heavy atom. The monoisotopic (exact) mass is 258 g/mol. The Hall–Kier alpha value is -1.56. The van der Waals surface area contributed by atoms with Gasteiger partial charge in [0.15, 0.2) is 0 Å². The second-order valence-electron chi connectivity index (χ2n) is 3.32. The van der Waals surface area contributed by atoms with Gasteiger partial charge in [0.1, 0.15) is 5.75 Å². The van der Waals surface area contributed by atoms with E-state index in [1.807, 2.05) is 0 Å². The molecule has 0 fully saturated rings. The maximum atomic E-state index is 11.8. The van der Waals surface area contributed by atoms with Crippen molar-refractivity contribution in [1.82, 2.24) is 0 Å². The van der Waals surface area contributed by atoms with E-state index in [0.29, 0.717) is 11.3 Å². The first-order valence-electron chi connectivity index (χ1n) is 5.00. The highest BCUT2D eigenvalue weighted by Crippen LogP contribution is 2.22. The normalized spacial score (nSPS) is 11.0. The second-order valence-corrected chi connectivity index (χ2v) is 5.10. The van der Waals surface area contributed by atoms with Crippen LogP contribution in [0.3, 0.4) is 0 Å². The van der Waals surface area contributed by atoms with E-state index >= 15 is 0 Å². The zero-order valence-corrected chi connectivity index (χ0v) is 10.7. The summed E-state index contributed by atoms with van der Waals surface area (Å²) in [7, 11) is -2.59. The number of hydrogen-bond donors (Lipinski definition) is 0. The summed E-state index contributed by atoms with van der Waals surface area (Å²) >= 11 is 0. The summed E-state index contributed by atoms with van der Waals surface area (Å²) in [5.41, 5.74) is 0.442. The average molecular weight is 258 g/mol. The maximum absolute atomic E-state index is 11.8. The zero-order valence-electron chi connectivity index (χ0n) is 9.89. The molecule has 0 saturated carbocycles. The van der Waals surface area contributed by atoms with Crippen LogP contribution in [0, 0.1) is 6.92 Å². The van der Waals surface area contributed by atoms with Crippen LogP contribution >= 0.6 is 0 Å². The number of aryl methyl sites for hydroxylation is 1. The Morgan fingerprint density at radius 3 is 2.47 bits per heavy atom. The van der Waals surface area contributed by atoms with Crippen molar-refractivity contribution in [2.45, 2.75) is 18.7 Å². The van der Waals surface area contributed by atoms with Crippen LogP contribution in [-0.4, -0.2) is 27.4 Å². The van der Waals surface area contributed by atoms with Gasteiger partial charge in [-0.1, -0.05) is 0 Å². The topological polar surface area (TPSA) is 69.7 Å². The van der Waals surface area contributed by atoms with Crippen LogP contribution in [0.2, 0.25) is 0 Å². The van der Waals surface area contributed by atoms with Crippen LogP contribution < -0.4 is 4.74 Å². The van der Waals surface area contributed by atoms with Gasteiger partial charge in [-0.3, -0.25) is 0 Å². The molecule has 0 atom stereocenters. The molecule has 1 rings (SSSR count). The van der Waals surface area contributed by atoms with Gasteiger partial charge in [0.2, 0.25) is 0 Å². The molecule has 5 nitrogen and oxygen atoms in total. The highest BCUT2D eigenvalue weighted by Gasteiger charge is 2.28. The number of ether oxygens (including phenoxy) is 2. The Balaban J connectivity index is 3.20. The summed E-state index contributed by atoms with van der Waals surface area (Å²) < 4.78 is 33.1. The first kappa shape index (κ1) is 13.5. The van der Waals surface area contributed by atoms with E-state index in [9.17, 15) is 13.2 Å². The summed E-state index contributed by atoms with van der Waals surface area (Å²) in [5.74, 6) is 0.533. The van der Waals surface area contributed by atoms with E-state index in [-0.39, 0.29) is 11.5 Å². The Kier molecular flexibility index (Phi) is 4.11. The third-order valence-electron chi connectivity index (χ3n) is 2.15. The van der Waals surface area contributed by atoms with Crippen LogP contribution in [0.25, 0.3) is 0 Å². The number of hydrogen-bond acceptors (Lipinski definition) is 5. The van der Waals surface area contributed by atoms with E-state index < -0.39 is 15.1 Å².